The maximum Gasteiger partial charge on any atom is 0.173 e. The highest BCUT2D eigenvalue weighted by atomic mass is 16.5. The fraction of sp³-hybridized carbons (Fsp3) is 0.312. The molecule has 0 bridgehead atoms. The zero-order valence-electron chi connectivity index (χ0n) is 11.3. The third-order valence-electron chi connectivity index (χ3n) is 2.49. The topological polar surface area (TPSA) is 13.1 Å². The summed E-state index contributed by atoms with van der Waals surface area (Å²) < 4.78 is 7.95. The van der Waals surface area contributed by atoms with Gasteiger partial charge in [-0.25, -0.2) is 4.57 Å². The van der Waals surface area contributed by atoms with E-state index in [9.17, 15) is 0 Å². The van der Waals surface area contributed by atoms with Gasteiger partial charge in [-0.2, -0.15) is 0 Å². The van der Waals surface area contributed by atoms with Crippen LogP contribution in [0.4, 0.5) is 0 Å². The summed E-state index contributed by atoms with van der Waals surface area (Å²) in [6, 6.07) is 14.4. The van der Waals surface area contributed by atoms with E-state index in [4.69, 9.17) is 4.74 Å². The first-order chi connectivity index (χ1) is 8.53. The molecule has 0 saturated carbocycles. The minimum absolute atomic E-state index is 0.143. The molecule has 0 unspecified atom stereocenters. The molecule has 94 valence electrons. The number of hydrogen-bond donors (Lipinski definition) is 0. The van der Waals surface area contributed by atoms with Crippen molar-refractivity contribution < 1.29 is 9.30 Å². The molecule has 1 aromatic heterocycles. The van der Waals surface area contributed by atoms with Crippen molar-refractivity contribution in [2.75, 3.05) is 0 Å². The lowest BCUT2D eigenvalue weighted by Gasteiger charge is -2.21. The molecule has 0 atom stereocenters. The van der Waals surface area contributed by atoms with E-state index in [1.807, 2.05) is 30.3 Å². The summed E-state index contributed by atoms with van der Waals surface area (Å²) in [6.07, 6.45) is 4.14. The largest absolute Gasteiger partial charge is 0.488 e. The Hall–Kier alpha value is -1.83. The van der Waals surface area contributed by atoms with Crippen LogP contribution in [0.5, 0.6) is 5.75 Å². The third kappa shape index (κ3) is 3.88. The molecule has 18 heavy (non-hydrogen) atoms. The van der Waals surface area contributed by atoms with E-state index >= 15 is 0 Å². The van der Waals surface area contributed by atoms with E-state index < -0.39 is 0 Å². The van der Waals surface area contributed by atoms with Crippen molar-refractivity contribution in [2.24, 2.45) is 0 Å². The van der Waals surface area contributed by atoms with Crippen molar-refractivity contribution in [1.82, 2.24) is 0 Å². The molecule has 2 heteroatoms. The highest BCUT2D eigenvalue weighted by Crippen LogP contribution is 2.18. The van der Waals surface area contributed by atoms with Gasteiger partial charge in [-0.15, -0.1) is 0 Å². The van der Waals surface area contributed by atoms with Gasteiger partial charge in [-0.05, 0) is 45.0 Å². The van der Waals surface area contributed by atoms with E-state index in [1.54, 1.807) is 0 Å². The molecule has 0 aliphatic carbocycles. The highest BCUT2D eigenvalue weighted by Gasteiger charge is 2.11. The Morgan fingerprint density at radius 2 is 1.56 bits per heavy atom. The van der Waals surface area contributed by atoms with Gasteiger partial charge in [0, 0.05) is 17.7 Å². The van der Waals surface area contributed by atoms with Crippen LogP contribution in [0.2, 0.25) is 0 Å². The summed E-state index contributed by atoms with van der Waals surface area (Å²) >= 11 is 0. The summed E-state index contributed by atoms with van der Waals surface area (Å²) in [5, 5.41) is 0. The summed E-state index contributed by atoms with van der Waals surface area (Å²) in [7, 11) is 0. The molecule has 0 aliphatic rings. The first kappa shape index (κ1) is 12.6. The van der Waals surface area contributed by atoms with Crippen LogP contribution in [0.3, 0.4) is 0 Å². The predicted molar refractivity (Wildman–Crippen MR) is 72.6 cm³/mol. The summed E-state index contributed by atoms with van der Waals surface area (Å²) in [5.41, 5.74) is 1.13. The van der Waals surface area contributed by atoms with Crippen molar-refractivity contribution >= 4 is 0 Å². The van der Waals surface area contributed by atoms with Gasteiger partial charge in [-0.1, -0.05) is 6.07 Å². The molecular weight excluding hydrogens is 222 g/mol. The average Bonchev–Trinajstić information content (AvgIpc) is 2.31. The van der Waals surface area contributed by atoms with Gasteiger partial charge >= 0.3 is 0 Å². The third-order valence-corrected chi connectivity index (χ3v) is 2.49. The SMILES string of the molecule is CC(C)(C)Oc1ccc(C[n+]2ccccc2)cc1. The number of ether oxygens (including phenoxy) is 1. The van der Waals surface area contributed by atoms with Crippen molar-refractivity contribution in [3.05, 3.63) is 60.4 Å². The van der Waals surface area contributed by atoms with Crippen LogP contribution in [-0.4, -0.2) is 5.60 Å². The number of rotatable bonds is 3. The molecule has 0 radical (unpaired) electrons. The van der Waals surface area contributed by atoms with Crippen LogP contribution in [0.15, 0.2) is 54.9 Å². The lowest BCUT2D eigenvalue weighted by atomic mass is 10.1. The molecule has 0 amide bonds. The smallest absolute Gasteiger partial charge is 0.173 e. The van der Waals surface area contributed by atoms with Crippen molar-refractivity contribution in [3.63, 3.8) is 0 Å². The summed E-state index contributed by atoms with van der Waals surface area (Å²) in [4.78, 5) is 0. The molecule has 2 rings (SSSR count). The van der Waals surface area contributed by atoms with E-state index in [0.717, 1.165) is 12.3 Å². The van der Waals surface area contributed by atoms with Crippen molar-refractivity contribution in [3.8, 4) is 5.75 Å². The number of benzene rings is 1. The fourth-order valence-electron chi connectivity index (χ4n) is 1.77. The van der Waals surface area contributed by atoms with Crippen LogP contribution < -0.4 is 9.30 Å². The molecule has 0 spiro atoms. The first-order valence-electron chi connectivity index (χ1n) is 6.25. The molecule has 1 heterocycles. The number of pyridine rings is 1. The average molecular weight is 242 g/mol. The van der Waals surface area contributed by atoms with Gasteiger partial charge in [0.1, 0.15) is 11.4 Å². The molecule has 0 fully saturated rings. The van der Waals surface area contributed by atoms with E-state index in [1.165, 1.54) is 5.56 Å². The molecule has 2 aromatic rings. The van der Waals surface area contributed by atoms with Gasteiger partial charge in [0.05, 0.1) is 0 Å². The van der Waals surface area contributed by atoms with Gasteiger partial charge in [0.2, 0.25) is 0 Å². The van der Waals surface area contributed by atoms with Crippen LogP contribution in [0.25, 0.3) is 0 Å². The van der Waals surface area contributed by atoms with E-state index in [2.05, 4.69) is 49.9 Å². The minimum Gasteiger partial charge on any atom is -0.488 e. The number of aromatic nitrogens is 1. The Morgan fingerprint density at radius 1 is 0.944 bits per heavy atom. The van der Waals surface area contributed by atoms with E-state index in [-0.39, 0.29) is 5.60 Å². The Kier molecular flexibility index (Phi) is 3.66. The lowest BCUT2D eigenvalue weighted by molar-refractivity contribution is -0.688. The Labute approximate surface area is 109 Å². The second-order valence-corrected chi connectivity index (χ2v) is 5.41. The molecule has 0 saturated heterocycles. The van der Waals surface area contributed by atoms with Crippen LogP contribution >= 0.6 is 0 Å². The van der Waals surface area contributed by atoms with Crippen LogP contribution in [0.1, 0.15) is 26.3 Å². The van der Waals surface area contributed by atoms with Crippen molar-refractivity contribution in [1.29, 1.82) is 0 Å². The zero-order valence-corrected chi connectivity index (χ0v) is 11.3. The molecular formula is C16H20NO+. The minimum atomic E-state index is -0.143. The highest BCUT2D eigenvalue weighted by molar-refractivity contribution is 5.27. The Bertz CT molecular complexity index is 483. The monoisotopic (exact) mass is 242 g/mol. The van der Waals surface area contributed by atoms with Crippen LogP contribution in [-0.2, 0) is 6.54 Å². The van der Waals surface area contributed by atoms with Gasteiger partial charge < -0.3 is 4.74 Å². The summed E-state index contributed by atoms with van der Waals surface area (Å²) in [6.45, 7) is 7.05. The lowest BCUT2D eigenvalue weighted by Crippen LogP contribution is -2.32. The molecule has 0 N–H and O–H groups in total. The maximum atomic E-state index is 5.80. The number of nitrogens with zero attached hydrogens (tertiary/aromatic N) is 1. The van der Waals surface area contributed by atoms with E-state index in [0.29, 0.717) is 0 Å². The van der Waals surface area contributed by atoms with Gasteiger partial charge in [0.25, 0.3) is 0 Å². The van der Waals surface area contributed by atoms with Crippen LogP contribution in [0, 0.1) is 0 Å². The molecule has 2 nitrogen and oxygen atoms in total. The normalized spacial score (nSPS) is 11.3. The second-order valence-electron chi connectivity index (χ2n) is 5.41. The predicted octanol–water partition coefficient (Wildman–Crippen LogP) is 3.20. The molecule has 0 aliphatic heterocycles. The fourth-order valence-corrected chi connectivity index (χ4v) is 1.77. The summed E-state index contributed by atoms with van der Waals surface area (Å²) in [5.74, 6) is 0.921. The standard InChI is InChI=1S/C16H20NO/c1-16(2,3)18-15-9-7-14(8-10-15)13-17-11-5-4-6-12-17/h4-12H,13H2,1-3H3/q+1. The maximum absolute atomic E-state index is 5.80. The molecule has 1 aromatic carbocycles. The van der Waals surface area contributed by atoms with Crippen molar-refractivity contribution in [2.45, 2.75) is 32.9 Å². The quantitative estimate of drug-likeness (QED) is 0.753. The number of hydrogen-bond acceptors (Lipinski definition) is 1. The van der Waals surface area contributed by atoms with Gasteiger partial charge in [0.15, 0.2) is 18.9 Å². The second kappa shape index (κ2) is 5.21. The first-order valence-corrected chi connectivity index (χ1v) is 6.25. The Balaban J connectivity index is 2.04. The zero-order chi connectivity index (χ0) is 13.0. The van der Waals surface area contributed by atoms with Gasteiger partial charge in [-0.3, -0.25) is 0 Å². The Morgan fingerprint density at radius 3 is 2.11 bits per heavy atom.